The number of carboxylic acids is 1. The Morgan fingerprint density at radius 3 is 2.80 bits per heavy atom. The minimum atomic E-state index is -1.59. The number of pyridine rings is 1. The molecule has 0 aromatic carbocycles. The highest BCUT2D eigenvalue weighted by Gasteiger charge is 2.13. The van der Waals surface area contributed by atoms with E-state index in [2.05, 4.69) is 10.3 Å². The summed E-state index contributed by atoms with van der Waals surface area (Å²) in [5, 5.41) is 19.1. The molecule has 1 rings (SSSR count). The first-order chi connectivity index (χ1) is 7.04. The van der Waals surface area contributed by atoms with Gasteiger partial charge in [0.05, 0.1) is 16.9 Å². The minimum Gasteiger partial charge on any atom is -0.474 e. The van der Waals surface area contributed by atoms with Crippen molar-refractivity contribution in [3.63, 3.8) is 0 Å². The Morgan fingerprint density at radius 1 is 1.60 bits per heavy atom. The van der Waals surface area contributed by atoms with Crippen LogP contribution in [-0.4, -0.2) is 22.0 Å². The van der Waals surface area contributed by atoms with Gasteiger partial charge in [-0.3, -0.25) is 9.78 Å². The highest BCUT2D eigenvalue weighted by atomic mass is 16.4. The van der Waals surface area contributed by atoms with Crippen LogP contribution in [0, 0.1) is 18.3 Å². The Balaban J connectivity index is 2.99. The predicted octanol–water partition coefficient (Wildman–Crippen LogP) is 0.285. The molecule has 6 nitrogen and oxygen atoms in total. The standard InChI is InChI=1S/C9H7N3O3/c1-5-7(12-8(13)9(14)15)2-6(3-10)4-11-5/h2,4H,1H3,(H,12,13)(H,14,15). The van der Waals surface area contributed by atoms with Crippen LogP contribution in [0.4, 0.5) is 5.69 Å². The fraction of sp³-hybridized carbons (Fsp3) is 0.111. The molecule has 2 N–H and O–H groups in total. The number of aliphatic carboxylic acids is 1. The molecule has 0 saturated carbocycles. The first-order valence-corrected chi connectivity index (χ1v) is 3.95. The molecular weight excluding hydrogens is 198 g/mol. The van der Waals surface area contributed by atoms with Gasteiger partial charge in [0.1, 0.15) is 6.07 Å². The molecule has 0 aliphatic rings. The zero-order valence-corrected chi connectivity index (χ0v) is 7.81. The fourth-order valence-corrected chi connectivity index (χ4v) is 0.897. The van der Waals surface area contributed by atoms with Crippen molar-refractivity contribution in [3.05, 3.63) is 23.5 Å². The lowest BCUT2D eigenvalue weighted by Gasteiger charge is -2.04. The third kappa shape index (κ3) is 2.51. The Hall–Kier alpha value is -2.42. The van der Waals surface area contributed by atoms with Crippen molar-refractivity contribution in [3.8, 4) is 6.07 Å². The van der Waals surface area contributed by atoms with Crippen molar-refractivity contribution in [2.75, 3.05) is 5.32 Å². The third-order valence-corrected chi connectivity index (χ3v) is 1.66. The summed E-state index contributed by atoms with van der Waals surface area (Å²) < 4.78 is 0. The van der Waals surface area contributed by atoms with Crippen LogP contribution in [0.15, 0.2) is 12.3 Å². The second-order valence-electron chi connectivity index (χ2n) is 2.73. The van der Waals surface area contributed by atoms with E-state index in [4.69, 9.17) is 10.4 Å². The van der Waals surface area contributed by atoms with E-state index in [1.807, 2.05) is 6.07 Å². The Labute approximate surface area is 85.2 Å². The number of aromatic nitrogens is 1. The van der Waals surface area contributed by atoms with Gasteiger partial charge >= 0.3 is 11.9 Å². The number of nitrogens with one attached hydrogen (secondary N) is 1. The van der Waals surface area contributed by atoms with E-state index in [9.17, 15) is 9.59 Å². The van der Waals surface area contributed by atoms with Gasteiger partial charge in [-0.1, -0.05) is 0 Å². The average molecular weight is 205 g/mol. The van der Waals surface area contributed by atoms with Crippen molar-refractivity contribution < 1.29 is 14.7 Å². The Bertz CT molecular complexity index is 462. The first kappa shape index (κ1) is 10.7. The number of nitriles is 1. The van der Waals surface area contributed by atoms with Gasteiger partial charge in [0, 0.05) is 6.20 Å². The number of rotatable bonds is 1. The molecule has 1 aromatic rings. The van der Waals surface area contributed by atoms with E-state index < -0.39 is 11.9 Å². The van der Waals surface area contributed by atoms with E-state index in [1.54, 1.807) is 6.92 Å². The average Bonchev–Trinajstić information content (AvgIpc) is 2.21. The van der Waals surface area contributed by atoms with Gasteiger partial charge in [-0.05, 0) is 13.0 Å². The van der Waals surface area contributed by atoms with E-state index >= 15 is 0 Å². The maximum absolute atomic E-state index is 10.8. The smallest absolute Gasteiger partial charge is 0.394 e. The Kier molecular flexibility index (Phi) is 2.98. The van der Waals surface area contributed by atoms with Crippen molar-refractivity contribution in [2.24, 2.45) is 0 Å². The molecule has 0 bridgehead atoms. The molecule has 1 heterocycles. The zero-order chi connectivity index (χ0) is 11.4. The van der Waals surface area contributed by atoms with Crippen LogP contribution in [0.2, 0.25) is 0 Å². The summed E-state index contributed by atoms with van der Waals surface area (Å²) in [7, 11) is 0. The number of anilines is 1. The van der Waals surface area contributed by atoms with Gasteiger partial charge in [-0.25, -0.2) is 4.79 Å². The summed E-state index contributed by atoms with van der Waals surface area (Å²) in [4.78, 5) is 24.9. The maximum Gasteiger partial charge on any atom is 0.394 e. The molecule has 1 amide bonds. The number of hydrogen-bond acceptors (Lipinski definition) is 4. The van der Waals surface area contributed by atoms with E-state index in [0.29, 0.717) is 5.69 Å². The second-order valence-corrected chi connectivity index (χ2v) is 2.73. The summed E-state index contributed by atoms with van der Waals surface area (Å²) in [6.07, 6.45) is 1.34. The fourth-order valence-electron chi connectivity index (χ4n) is 0.897. The molecule has 15 heavy (non-hydrogen) atoms. The van der Waals surface area contributed by atoms with Crippen LogP contribution in [0.3, 0.4) is 0 Å². The molecule has 6 heteroatoms. The lowest BCUT2D eigenvalue weighted by Crippen LogP contribution is -2.22. The molecule has 0 atom stereocenters. The number of carbonyl (C=O) groups excluding carboxylic acids is 1. The molecular formula is C9H7N3O3. The van der Waals surface area contributed by atoms with Gasteiger partial charge in [0.2, 0.25) is 0 Å². The maximum atomic E-state index is 10.8. The van der Waals surface area contributed by atoms with Crippen LogP contribution >= 0.6 is 0 Å². The van der Waals surface area contributed by atoms with Crippen LogP contribution in [0.25, 0.3) is 0 Å². The first-order valence-electron chi connectivity index (χ1n) is 3.95. The molecule has 0 aliphatic heterocycles. The summed E-state index contributed by atoms with van der Waals surface area (Å²) in [5.41, 5.74) is 0.923. The summed E-state index contributed by atoms with van der Waals surface area (Å²) in [5.74, 6) is -2.74. The van der Waals surface area contributed by atoms with Crippen LogP contribution in [0.5, 0.6) is 0 Å². The lowest BCUT2D eigenvalue weighted by atomic mass is 10.2. The van der Waals surface area contributed by atoms with Gasteiger partial charge in [-0.2, -0.15) is 5.26 Å². The minimum absolute atomic E-state index is 0.224. The van der Waals surface area contributed by atoms with Gasteiger partial charge in [-0.15, -0.1) is 0 Å². The lowest BCUT2D eigenvalue weighted by molar-refractivity contribution is -0.147. The molecule has 0 aliphatic carbocycles. The molecule has 0 spiro atoms. The molecule has 0 saturated heterocycles. The zero-order valence-electron chi connectivity index (χ0n) is 7.81. The summed E-state index contributed by atoms with van der Waals surface area (Å²) >= 11 is 0. The topological polar surface area (TPSA) is 103 Å². The molecule has 0 unspecified atom stereocenters. The molecule has 76 valence electrons. The number of nitrogens with zero attached hydrogens (tertiary/aromatic N) is 2. The van der Waals surface area contributed by atoms with E-state index in [-0.39, 0.29) is 11.3 Å². The Morgan fingerprint density at radius 2 is 2.27 bits per heavy atom. The third-order valence-electron chi connectivity index (χ3n) is 1.66. The summed E-state index contributed by atoms with van der Waals surface area (Å²) in [6.45, 7) is 1.60. The highest BCUT2D eigenvalue weighted by Crippen LogP contribution is 2.13. The second kappa shape index (κ2) is 4.19. The highest BCUT2D eigenvalue weighted by molar-refractivity contribution is 6.36. The summed E-state index contributed by atoms with van der Waals surface area (Å²) in [6, 6.07) is 3.20. The molecule has 0 radical (unpaired) electrons. The largest absolute Gasteiger partial charge is 0.474 e. The number of hydrogen-bond donors (Lipinski definition) is 2. The van der Waals surface area contributed by atoms with Crippen molar-refractivity contribution in [2.45, 2.75) is 6.92 Å². The van der Waals surface area contributed by atoms with Crippen LogP contribution in [0.1, 0.15) is 11.3 Å². The molecule has 0 fully saturated rings. The van der Waals surface area contributed by atoms with E-state index in [1.165, 1.54) is 12.3 Å². The number of carboxylic acid groups (broad SMARTS) is 1. The van der Waals surface area contributed by atoms with Gasteiger partial charge in [0.25, 0.3) is 0 Å². The predicted molar refractivity (Wildman–Crippen MR) is 50.0 cm³/mol. The van der Waals surface area contributed by atoms with Gasteiger partial charge in [0.15, 0.2) is 0 Å². The van der Waals surface area contributed by atoms with E-state index in [0.717, 1.165) is 0 Å². The quantitative estimate of drug-likeness (QED) is 0.641. The SMILES string of the molecule is Cc1ncc(C#N)cc1NC(=O)C(=O)O. The van der Waals surface area contributed by atoms with Crippen LogP contribution < -0.4 is 5.32 Å². The van der Waals surface area contributed by atoms with Crippen molar-refractivity contribution in [1.82, 2.24) is 4.98 Å². The number of carbonyl (C=O) groups is 2. The normalized spacial score (nSPS) is 9.07. The van der Waals surface area contributed by atoms with Crippen LogP contribution in [-0.2, 0) is 9.59 Å². The number of amides is 1. The van der Waals surface area contributed by atoms with Crippen molar-refractivity contribution in [1.29, 1.82) is 5.26 Å². The monoisotopic (exact) mass is 205 g/mol. The van der Waals surface area contributed by atoms with Gasteiger partial charge < -0.3 is 10.4 Å². The number of aryl methyl sites for hydroxylation is 1. The van der Waals surface area contributed by atoms with Crippen molar-refractivity contribution >= 4 is 17.6 Å². The molecule has 1 aromatic heterocycles.